The normalized spacial score (nSPS) is 13.9. The molecule has 2 N–H and O–H groups in total. The van der Waals surface area contributed by atoms with Gasteiger partial charge in [0.05, 0.1) is 12.3 Å². The van der Waals surface area contributed by atoms with E-state index in [2.05, 4.69) is 14.7 Å². The standard InChI is InChI=1S/C9H17N3O3S/c1-4-8-10-6-9(12-8)16(13,14)11-5-7(2)15-3/h6-7,11H,4-5H2,1-3H3,(H,10,12). The quantitative estimate of drug-likeness (QED) is 0.756. The summed E-state index contributed by atoms with van der Waals surface area (Å²) in [6, 6.07) is 0. The molecule has 1 aromatic rings. The number of aromatic amines is 1. The fourth-order valence-electron chi connectivity index (χ4n) is 1.05. The van der Waals surface area contributed by atoms with E-state index in [0.29, 0.717) is 12.2 Å². The van der Waals surface area contributed by atoms with E-state index in [1.807, 2.05) is 6.92 Å². The Morgan fingerprint density at radius 1 is 1.62 bits per heavy atom. The number of nitrogens with one attached hydrogen (secondary N) is 2. The first-order valence-corrected chi connectivity index (χ1v) is 6.54. The molecule has 1 aromatic heterocycles. The average molecular weight is 247 g/mol. The third-order valence-electron chi connectivity index (χ3n) is 2.19. The van der Waals surface area contributed by atoms with Crippen LogP contribution in [0.5, 0.6) is 0 Å². The molecule has 1 unspecified atom stereocenters. The predicted molar refractivity (Wildman–Crippen MR) is 59.6 cm³/mol. The summed E-state index contributed by atoms with van der Waals surface area (Å²) in [4.78, 5) is 6.68. The van der Waals surface area contributed by atoms with Crippen molar-refractivity contribution >= 4 is 10.0 Å². The van der Waals surface area contributed by atoms with Gasteiger partial charge in [-0.25, -0.2) is 18.1 Å². The lowest BCUT2D eigenvalue weighted by molar-refractivity contribution is 0.122. The Morgan fingerprint density at radius 3 is 2.81 bits per heavy atom. The van der Waals surface area contributed by atoms with Crippen LogP contribution in [0.15, 0.2) is 11.2 Å². The highest BCUT2D eigenvalue weighted by Crippen LogP contribution is 2.05. The zero-order valence-electron chi connectivity index (χ0n) is 9.65. The number of hydrogen-bond acceptors (Lipinski definition) is 4. The van der Waals surface area contributed by atoms with Crippen molar-refractivity contribution in [2.75, 3.05) is 13.7 Å². The first-order valence-electron chi connectivity index (χ1n) is 5.06. The molecule has 0 aliphatic rings. The number of methoxy groups -OCH3 is 1. The van der Waals surface area contributed by atoms with Crippen LogP contribution in [-0.4, -0.2) is 38.1 Å². The Kier molecular flexibility index (Phi) is 4.45. The molecule has 6 nitrogen and oxygen atoms in total. The molecule has 0 aliphatic carbocycles. The van der Waals surface area contributed by atoms with E-state index in [1.165, 1.54) is 13.3 Å². The topological polar surface area (TPSA) is 84.1 Å². The van der Waals surface area contributed by atoms with Gasteiger partial charge in [0.1, 0.15) is 5.82 Å². The van der Waals surface area contributed by atoms with E-state index in [0.717, 1.165) is 0 Å². The fourth-order valence-corrected chi connectivity index (χ4v) is 2.10. The van der Waals surface area contributed by atoms with E-state index in [4.69, 9.17) is 4.74 Å². The minimum atomic E-state index is -3.50. The molecular weight excluding hydrogens is 230 g/mol. The molecule has 7 heteroatoms. The van der Waals surface area contributed by atoms with Crippen molar-refractivity contribution in [3.63, 3.8) is 0 Å². The lowest BCUT2D eigenvalue weighted by Gasteiger charge is -2.09. The Hall–Kier alpha value is -0.920. The number of ether oxygens (including phenoxy) is 1. The van der Waals surface area contributed by atoms with Crippen molar-refractivity contribution in [1.82, 2.24) is 14.7 Å². The summed E-state index contributed by atoms with van der Waals surface area (Å²) in [6.07, 6.45) is 1.83. The van der Waals surface area contributed by atoms with E-state index >= 15 is 0 Å². The maximum Gasteiger partial charge on any atom is 0.257 e. The Balaban J connectivity index is 2.70. The average Bonchev–Trinajstić information content (AvgIpc) is 2.75. The van der Waals surface area contributed by atoms with Gasteiger partial charge in [0, 0.05) is 20.1 Å². The molecule has 0 aromatic carbocycles. The third-order valence-corrected chi connectivity index (χ3v) is 3.53. The highest BCUT2D eigenvalue weighted by molar-refractivity contribution is 7.89. The van der Waals surface area contributed by atoms with Gasteiger partial charge in [0.15, 0.2) is 5.03 Å². The van der Waals surface area contributed by atoms with E-state index in [-0.39, 0.29) is 17.7 Å². The molecule has 0 amide bonds. The lowest BCUT2D eigenvalue weighted by Crippen LogP contribution is -2.31. The minimum Gasteiger partial charge on any atom is -0.380 e. The molecule has 1 heterocycles. The third kappa shape index (κ3) is 3.29. The minimum absolute atomic E-state index is 0.0904. The van der Waals surface area contributed by atoms with Crippen molar-refractivity contribution in [2.45, 2.75) is 31.4 Å². The van der Waals surface area contributed by atoms with Crippen LogP contribution >= 0.6 is 0 Å². The number of sulfonamides is 1. The smallest absolute Gasteiger partial charge is 0.257 e. The van der Waals surface area contributed by atoms with Gasteiger partial charge in [-0.15, -0.1) is 0 Å². The molecule has 0 saturated heterocycles. The first kappa shape index (κ1) is 13.1. The van der Waals surface area contributed by atoms with Crippen molar-refractivity contribution in [1.29, 1.82) is 0 Å². The van der Waals surface area contributed by atoms with Crippen LogP contribution in [-0.2, 0) is 21.2 Å². The van der Waals surface area contributed by atoms with Crippen LogP contribution in [0.1, 0.15) is 19.7 Å². The van der Waals surface area contributed by atoms with Gasteiger partial charge in [0.2, 0.25) is 0 Å². The SMILES string of the molecule is CCc1ncc(S(=O)(=O)NCC(C)OC)[nH]1. The number of nitrogens with zero attached hydrogens (tertiary/aromatic N) is 1. The number of H-pyrrole nitrogens is 1. The molecule has 0 saturated carbocycles. The summed E-state index contributed by atoms with van der Waals surface area (Å²) in [5, 5.41) is 0.0904. The molecule has 0 radical (unpaired) electrons. The fraction of sp³-hybridized carbons (Fsp3) is 0.667. The summed E-state index contributed by atoms with van der Waals surface area (Å²) in [6.45, 7) is 3.92. The molecule has 0 bridgehead atoms. The number of aromatic nitrogens is 2. The van der Waals surface area contributed by atoms with E-state index in [1.54, 1.807) is 6.92 Å². The van der Waals surface area contributed by atoms with Crippen molar-refractivity contribution < 1.29 is 13.2 Å². The monoisotopic (exact) mass is 247 g/mol. The Bertz CT molecular complexity index is 427. The van der Waals surface area contributed by atoms with Crippen LogP contribution < -0.4 is 4.72 Å². The number of aryl methyl sites for hydroxylation is 1. The molecule has 0 spiro atoms. The van der Waals surface area contributed by atoms with Crippen LogP contribution in [0, 0.1) is 0 Å². The van der Waals surface area contributed by atoms with Gasteiger partial charge in [-0.2, -0.15) is 0 Å². The second-order valence-corrected chi connectivity index (χ2v) is 5.18. The molecule has 0 fully saturated rings. The predicted octanol–water partition coefficient (Wildman–Crippen LogP) is 0.285. The first-order chi connectivity index (χ1) is 7.49. The van der Waals surface area contributed by atoms with Crippen LogP contribution in [0.2, 0.25) is 0 Å². The number of rotatable bonds is 6. The molecule has 0 aliphatic heterocycles. The highest BCUT2D eigenvalue weighted by atomic mass is 32.2. The largest absolute Gasteiger partial charge is 0.380 e. The molecule has 92 valence electrons. The molecule has 1 rings (SSSR count). The summed E-state index contributed by atoms with van der Waals surface area (Å²) in [7, 11) is -1.97. The maximum absolute atomic E-state index is 11.7. The summed E-state index contributed by atoms with van der Waals surface area (Å²) >= 11 is 0. The molecule has 1 atom stereocenters. The number of imidazole rings is 1. The van der Waals surface area contributed by atoms with Crippen molar-refractivity contribution in [2.24, 2.45) is 0 Å². The molecule has 16 heavy (non-hydrogen) atoms. The number of hydrogen-bond donors (Lipinski definition) is 2. The van der Waals surface area contributed by atoms with Gasteiger partial charge in [-0.1, -0.05) is 6.92 Å². The van der Waals surface area contributed by atoms with Gasteiger partial charge in [-0.05, 0) is 6.92 Å². The van der Waals surface area contributed by atoms with Gasteiger partial charge in [-0.3, -0.25) is 0 Å². The van der Waals surface area contributed by atoms with Crippen molar-refractivity contribution in [3.05, 3.63) is 12.0 Å². The Labute approximate surface area is 95.5 Å². The second kappa shape index (κ2) is 5.42. The zero-order valence-corrected chi connectivity index (χ0v) is 10.5. The van der Waals surface area contributed by atoms with Crippen LogP contribution in [0.4, 0.5) is 0 Å². The van der Waals surface area contributed by atoms with Crippen molar-refractivity contribution in [3.8, 4) is 0 Å². The van der Waals surface area contributed by atoms with Gasteiger partial charge >= 0.3 is 0 Å². The summed E-state index contributed by atoms with van der Waals surface area (Å²) < 4.78 is 30.9. The maximum atomic E-state index is 11.7. The van der Waals surface area contributed by atoms with E-state index < -0.39 is 10.0 Å². The van der Waals surface area contributed by atoms with E-state index in [9.17, 15) is 8.42 Å². The van der Waals surface area contributed by atoms with Crippen LogP contribution in [0.3, 0.4) is 0 Å². The lowest BCUT2D eigenvalue weighted by atomic mass is 10.4. The van der Waals surface area contributed by atoms with Crippen LogP contribution in [0.25, 0.3) is 0 Å². The second-order valence-electron chi connectivity index (χ2n) is 3.45. The molecular formula is C9H17N3O3S. The van der Waals surface area contributed by atoms with Gasteiger partial charge in [0.25, 0.3) is 10.0 Å². The highest BCUT2D eigenvalue weighted by Gasteiger charge is 2.17. The Morgan fingerprint density at radius 2 is 2.31 bits per heavy atom. The summed E-state index contributed by atoms with van der Waals surface area (Å²) in [5.41, 5.74) is 0. The zero-order chi connectivity index (χ0) is 12.2. The van der Waals surface area contributed by atoms with Gasteiger partial charge < -0.3 is 9.72 Å². The summed E-state index contributed by atoms with van der Waals surface area (Å²) in [5.74, 6) is 0.653.